The molecular weight excluding hydrogens is 145 g/mol. The molecule has 2 nitrogen and oxygen atoms in total. The van der Waals surface area contributed by atoms with Crippen LogP contribution in [0.25, 0.3) is 0 Å². The zero-order valence-corrected chi connectivity index (χ0v) is 6.00. The Kier molecular flexibility index (Phi) is 2.44. The Bertz CT molecular complexity index is 222. The van der Waals surface area contributed by atoms with Gasteiger partial charge in [0, 0.05) is 6.54 Å². The van der Waals surface area contributed by atoms with Crippen LogP contribution in [0.1, 0.15) is 11.7 Å². The number of phenolic OH excluding ortho intramolecular Hbond substituents is 1. The van der Waals surface area contributed by atoms with E-state index in [1.165, 1.54) is 24.3 Å². The van der Waals surface area contributed by atoms with Crippen LogP contribution in [0.4, 0.5) is 4.39 Å². The first kappa shape index (κ1) is 8.01. The fourth-order valence-electron chi connectivity index (χ4n) is 0.819. The minimum Gasteiger partial charge on any atom is -0.508 e. The van der Waals surface area contributed by atoms with Crippen LogP contribution >= 0.6 is 0 Å². The molecule has 1 aromatic carbocycles. The lowest BCUT2D eigenvalue weighted by Gasteiger charge is -2.03. The summed E-state index contributed by atoms with van der Waals surface area (Å²) in [7, 11) is 0. The van der Waals surface area contributed by atoms with E-state index in [4.69, 9.17) is 10.8 Å². The number of nitrogens with two attached hydrogens (primary N) is 1. The fraction of sp³-hybridized carbons (Fsp3) is 0.250. The number of hydrogen-bond acceptors (Lipinski definition) is 2. The van der Waals surface area contributed by atoms with Crippen molar-refractivity contribution in [1.82, 2.24) is 0 Å². The molecule has 0 saturated carbocycles. The van der Waals surface area contributed by atoms with Gasteiger partial charge in [-0.25, -0.2) is 4.39 Å². The summed E-state index contributed by atoms with van der Waals surface area (Å²) in [5.41, 5.74) is 5.61. The summed E-state index contributed by atoms with van der Waals surface area (Å²) in [5.74, 6) is 0.137. The normalized spacial score (nSPS) is 12.9. The van der Waals surface area contributed by atoms with Gasteiger partial charge >= 0.3 is 0 Å². The summed E-state index contributed by atoms with van der Waals surface area (Å²) in [4.78, 5) is 0. The van der Waals surface area contributed by atoms with E-state index in [0.717, 1.165) is 0 Å². The molecule has 11 heavy (non-hydrogen) atoms. The van der Waals surface area contributed by atoms with E-state index < -0.39 is 6.17 Å². The van der Waals surface area contributed by atoms with Crippen molar-refractivity contribution >= 4 is 0 Å². The standard InChI is InChI=1S/C8H10FNO/c9-8(5-10)6-1-3-7(11)4-2-6/h1-4,8,11H,5,10H2. The highest BCUT2D eigenvalue weighted by Crippen LogP contribution is 2.18. The number of halogens is 1. The number of rotatable bonds is 2. The van der Waals surface area contributed by atoms with Crippen molar-refractivity contribution in [2.45, 2.75) is 6.17 Å². The van der Waals surface area contributed by atoms with E-state index in [1.807, 2.05) is 0 Å². The first-order valence-electron chi connectivity index (χ1n) is 3.37. The zero-order valence-electron chi connectivity index (χ0n) is 6.00. The monoisotopic (exact) mass is 155 g/mol. The van der Waals surface area contributed by atoms with Gasteiger partial charge in [0.15, 0.2) is 0 Å². The molecule has 1 atom stereocenters. The SMILES string of the molecule is NCC(F)c1ccc(O)cc1. The van der Waals surface area contributed by atoms with Crippen LogP contribution < -0.4 is 5.73 Å². The smallest absolute Gasteiger partial charge is 0.137 e. The molecule has 0 saturated heterocycles. The van der Waals surface area contributed by atoms with Crippen LogP contribution in [0, 0.1) is 0 Å². The van der Waals surface area contributed by atoms with Gasteiger partial charge in [0.25, 0.3) is 0 Å². The van der Waals surface area contributed by atoms with E-state index in [-0.39, 0.29) is 12.3 Å². The molecule has 0 aromatic heterocycles. The first-order valence-corrected chi connectivity index (χ1v) is 3.37. The molecule has 0 aliphatic heterocycles. The van der Waals surface area contributed by atoms with Crippen molar-refractivity contribution < 1.29 is 9.50 Å². The molecule has 1 rings (SSSR count). The van der Waals surface area contributed by atoms with E-state index >= 15 is 0 Å². The predicted molar refractivity (Wildman–Crippen MR) is 41.0 cm³/mol. The lowest BCUT2D eigenvalue weighted by Crippen LogP contribution is -2.07. The molecule has 0 amide bonds. The topological polar surface area (TPSA) is 46.2 Å². The second kappa shape index (κ2) is 3.34. The second-order valence-electron chi connectivity index (χ2n) is 2.29. The number of hydrogen-bond donors (Lipinski definition) is 2. The number of phenols is 1. The molecule has 0 aliphatic rings. The molecule has 0 fully saturated rings. The number of aromatic hydroxyl groups is 1. The highest BCUT2D eigenvalue weighted by molar-refractivity contribution is 5.27. The van der Waals surface area contributed by atoms with Gasteiger partial charge < -0.3 is 10.8 Å². The third kappa shape index (κ3) is 1.91. The second-order valence-corrected chi connectivity index (χ2v) is 2.29. The van der Waals surface area contributed by atoms with Crippen molar-refractivity contribution in [1.29, 1.82) is 0 Å². The lowest BCUT2D eigenvalue weighted by molar-refractivity contribution is 0.352. The summed E-state index contributed by atoms with van der Waals surface area (Å²) in [5, 5.41) is 8.86. The average molecular weight is 155 g/mol. The van der Waals surface area contributed by atoms with Crippen LogP contribution in [0.15, 0.2) is 24.3 Å². The first-order chi connectivity index (χ1) is 5.24. The van der Waals surface area contributed by atoms with Gasteiger partial charge in [0.05, 0.1) is 0 Å². The maximum Gasteiger partial charge on any atom is 0.137 e. The third-order valence-electron chi connectivity index (χ3n) is 1.46. The van der Waals surface area contributed by atoms with Crippen LogP contribution in [0.5, 0.6) is 5.75 Å². The molecule has 60 valence electrons. The van der Waals surface area contributed by atoms with E-state index in [9.17, 15) is 4.39 Å². The third-order valence-corrected chi connectivity index (χ3v) is 1.46. The number of alkyl halides is 1. The zero-order chi connectivity index (χ0) is 8.27. The van der Waals surface area contributed by atoms with Crippen molar-refractivity contribution in [3.8, 4) is 5.75 Å². The molecule has 0 heterocycles. The Hall–Kier alpha value is -1.09. The fourth-order valence-corrected chi connectivity index (χ4v) is 0.819. The van der Waals surface area contributed by atoms with Crippen molar-refractivity contribution in [3.63, 3.8) is 0 Å². The highest BCUT2D eigenvalue weighted by Gasteiger charge is 2.05. The Morgan fingerprint density at radius 1 is 1.36 bits per heavy atom. The summed E-state index contributed by atoms with van der Waals surface area (Å²) in [6.07, 6.45) is -1.13. The molecule has 0 bridgehead atoms. The minimum absolute atomic E-state index is 0.0230. The summed E-state index contributed by atoms with van der Waals surface area (Å²) in [6, 6.07) is 5.93. The minimum atomic E-state index is -1.13. The van der Waals surface area contributed by atoms with Gasteiger partial charge in [-0.2, -0.15) is 0 Å². The summed E-state index contributed by atoms with van der Waals surface area (Å²) in [6.45, 7) is -0.0230. The van der Waals surface area contributed by atoms with Gasteiger partial charge in [-0.05, 0) is 17.7 Å². The largest absolute Gasteiger partial charge is 0.508 e. The molecule has 1 unspecified atom stereocenters. The van der Waals surface area contributed by atoms with Crippen LogP contribution in [-0.2, 0) is 0 Å². The Labute approximate surface area is 64.5 Å². The van der Waals surface area contributed by atoms with Gasteiger partial charge in [0.2, 0.25) is 0 Å². The maximum atomic E-state index is 12.8. The highest BCUT2D eigenvalue weighted by atomic mass is 19.1. The van der Waals surface area contributed by atoms with Crippen molar-refractivity contribution in [2.24, 2.45) is 5.73 Å². The van der Waals surface area contributed by atoms with E-state index in [0.29, 0.717) is 5.56 Å². The Morgan fingerprint density at radius 2 is 1.91 bits per heavy atom. The molecule has 3 N–H and O–H groups in total. The van der Waals surface area contributed by atoms with Gasteiger partial charge in [-0.15, -0.1) is 0 Å². The van der Waals surface area contributed by atoms with E-state index in [2.05, 4.69) is 0 Å². The Balaban J connectivity index is 2.81. The van der Waals surface area contributed by atoms with E-state index in [1.54, 1.807) is 0 Å². The molecule has 3 heteroatoms. The summed E-state index contributed by atoms with van der Waals surface area (Å²) >= 11 is 0. The predicted octanol–water partition coefficient (Wildman–Crippen LogP) is 1.36. The molecule has 1 aromatic rings. The quantitative estimate of drug-likeness (QED) is 0.677. The van der Waals surface area contributed by atoms with Crippen LogP contribution in [-0.4, -0.2) is 11.7 Å². The van der Waals surface area contributed by atoms with Crippen molar-refractivity contribution in [2.75, 3.05) is 6.54 Å². The lowest BCUT2D eigenvalue weighted by atomic mass is 10.1. The Morgan fingerprint density at radius 3 is 2.36 bits per heavy atom. The number of benzene rings is 1. The summed E-state index contributed by atoms with van der Waals surface area (Å²) < 4.78 is 12.8. The van der Waals surface area contributed by atoms with Gasteiger partial charge in [-0.1, -0.05) is 12.1 Å². The molecule has 0 radical (unpaired) electrons. The molecule has 0 aliphatic carbocycles. The molecular formula is C8H10FNO. The molecule has 0 spiro atoms. The van der Waals surface area contributed by atoms with Crippen LogP contribution in [0.3, 0.4) is 0 Å². The van der Waals surface area contributed by atoms with Gasteiger partial charge in [0.1, 0.15) is 11.9 Å². The maximum absolute atomic E-state index is 12.8. The van der Waals surface area contributed by atoms with Crippen LogP contribution in [0.2, 0.25) is 0 Å². The van der Waals surface area contributed by atoms with Crippen molar-refractivity contribution in [3.05, 3.63) is 29.8 Å². The average Bonchev–Trinajstić information content (AvgIpc) is 2.05. The van der Waals surface area contributed by atoms with Gasteiger partial charge in [-0.3, -0.25) is 0 Å².